The molecular formula is C9H9ClN4O2S. The van der Waals surface area contributed by atoms with E-state index in [-0.39, 0.29) is 11.3 Å². The molecule has 0 aliphatic rings. The van der Waals surface area contributed by atoms with Gasteiger partial charge < -0.3 is 4.74 Å². The number of rotatable bonds is 4. The Labute approximate surface area is 106 Å². The molecule has 90 valence electrons. The number of nitrogens with one attached hydrogen (secondary N) is 1. The van der Waals surface area contributed by atoms with Crippen LogP contribution in [0.2, 0.25) is 5.28 Å². The molecule has 0 bridgehead atoms. The molecule has 0 aromatic carbocycles. The zero-order valence-electron chi connectivity index (χ0n) is 8.94. The first-order valence-electron chi connectivity index (χ1n) is 4.77. The number of ether oxygens (including phenoxy) is 1. The van der Waals surface area contributed by atoms with Crippen LogP contribution < -0.4 is 0 Å². The summed E-state index contributed by atoms with van der Waals surface area (Å²) in [6.07, 6.45) is 1.95. The fraction of sp³-hybridized carbons (Fsp3) is 0.333. The van der Waals surface area contributed by atoms with E-state index in [1.165, 1.54) is 18.9 Å². The highest BCUT2D eigenvalue weighted by Crippen LogP contribution is 2.25. The summed E-state index contributed by atoms with van der Waals surface area (Å²) in [4.78, 5) is 19.1. The predicted molar refractivity (Wildman–Crippen MR) is 64.1 cm³/mol. The van der Waals surface area contributed by atoms with Gasteiger partial charge in [0.2, 0.25) is 5.28 Å². The van der Waals surface area contributed by atoms with Crippen LogP contribution in [-0.4, -0.2) is 39.0 Å². The topological polar surface area (TPSA) is 80.8 Å². The second kappa shape index (κ2) is 5.33. The van der Waals surface area contributed by atoms with Crippen LogP contribution >= 0.6 is 23.4 Å². The lowest BCUT2D eigenvalue weighted by atomic mass is 10.4. The molecule has 2 aromatic heterocycles. The smallest absolute Gasteiger partial charge is 0.306 e. The summed E-state index contributed by atoms with van der Waals surface area (Å²) in [7, 11) is 1.36. The van der Waals surface area contributed by atoms with Gasteiger partial charge in [-0.2, -0.15) is 10.1 Å². The minimum Gasteiger partial charge on any atom is -0.469 e. The van der Waals surface area contributed by atoms with E-state index in [4.69, 9.17) is 11.6 Å². The van der Waals surface area contributed by atoms with Crippen molar-refractivity contribution in [1.29, 1.82) is 0 Å². The van der Waals surface area contributed by atoms with Gasteiger partial charge in [-0.1, -0.05) is 0 Å². The zero-order chi connectivity index (χ0) is 12.3. The van der Waals surface area contributed by atoms with E-state index in [1.807, 2.05) is 0 Å². The first-order chi connectivity index (χ1) is 8.20. The van der Waals surface area contributed by atoms with Crippen molar-refractivity contribution in [2.24, 2.45) is 0 Å². The molecule has 2 rings (SSSR count). The number of thioether (sulfide) groups is 1. The number of aromatic nitrogens is 4. The Morgan fingerprint density at radius 1 is 1.59 bits per heavy atom. The van der Waals surface area contributed by atoms with Gasteiger partial charge in [0.1, 0.15) is 5.03 Å². The average Bonchev–Trinajstić information content (AvgIpc) is 2.76. The number of hydrogen-bond acceptors (Lipinski definition) is 6. The number of H-pyrrole nitrogens is 1. The molecule has 8 heteroatoms. The molecule has 0 fully saturated rings. The summed E-state index contributed by atoms with van der Waals surface area (Å²) < 4.78 is 4.55. The van der Waals surface area contributed by atoms with E-state index in [0.717, 1.165) is 5.39 Å². The number of nitrogens with zero attached hydrogens (tertiary/aromatic N) is 3. The molecule has 0 unspecified atom stereocenters. The van der Waals surface area contributed by atoms with Gasteiger partial charge in [-0.3, -0.25) is 9.89 Å². The summed E-state index contributed by atoms with van der Waals surface area (Å²) in [5.41, 5.74) is 0.588. The second-order valence-corrected chi connectivity index (χ2v) is 4.53. The van der Waals surface area contributed by atoms with Crippen molar-refractivity contribution in [3.05, 3.63) is 11.5 Å². The number of fused-ring (bicyclic) bond motifs is 1. The summed E-state index contributed by atoms with van der Waals surface area (Å²) in [5, 5.41) is 8.25. The Hall–Kier alpha value is -1.34. The third kappa shape index (κ3) is 2.86. The Balaban J connectivity index is 2.12. The lowest BCUT2D eigenvalue weighted by Gasteiger charge is -2.01. The van der Waals surface area contributed by atoms with Crippen molar-refractivity contribution in [2.75, 3.05) is 12.9 Å². The van der Waals surface area contributed by atoms with Crippen molar-refractivity contribution in [3.63, 3.8) is 0 Å². The first-order valence-corrected chi connectivity index (χ1v) is 6.13. The number of hydrogen-bond donors (Lipinski definition) is 1. The highest BCUT2D eigenvalue weighted by molar-refractivity contribution is 7.99. The molecular weight excluding hydrogens is 264 g/mol. The van der Waals surface area contributed by atoms with Crippen molar-refractivity contribution < 1.29 is 9.53 Å². The molecule has 0 saturated carbocycles. The van der Waals surface area contributed by atoms with Gasteiger partial charge in [0, 0.05) is 5.75 Å². The first kappa shape index (κ1) is 12.1. The van der Waals surface area contributed by atoms with E-state index < -0.39 is 0 Å². The van der Waals surface area contributed by atoms with E-state index >= 15 is 0 Å². The van der Waals surface area contributed by atoms with Gasteiger partial charge in [-0.15, -0.1) is 11.8 Å². The molecule has 6 nitrogen and oxygen atoms in total. The molecule has 17 heavy (non-hydrogen) atoms. The molecule has 0 amide bonds. The predicted octanol–water partition coefficient (Wildman–Crippen LogP) is 1.66. The van der Waals surface area contributed by atoms with E-state index in [2.05, 4.69) is 24.9 Å². The van der Waals surface area contributed by atoms with Crippen LogP contribution in [0.3, 0.4) is 0 Å². The van der Waals surface area contributed by atoms with Gasteiger partial charge in [-0.25, -0.2) is 4.98 Å². The van der Waals surface area contributed by atoms with E-state index in [9.17, 15) is 4.79 Å². The van der Waals surface area contributed by atoms with Crippen LogP contribution in [0.5, 0.6) is 0 Å². The van der Waals surface area contributed by atoms with Gasteiger partial charge in [0.15, 0.2) is 5.65 Å². The molecule has 2 aromatic rings. The van der Waals surface area contributed by atoms with Crippen LogP contribution in [0, 0.1) is 0 Å². The summed E-state index contributed by atoms with van der Waals surface area (Å²) in [6, 6.07) is 0. The molecule has 0 aliphatic carbocycles. The Morgan fingerprint density at radius 3 is 3.18 bits per heavy atom. The third-order valence-corrected chi connectivity index (χ3v) is 3.18. The van der Waals surface area contributed by atoms with Crippen molar-refractivity contribution in [2.45, 2.75) is 11.4 Å². The van der Waals surface area contributed by atoms with Crippen LogP contribution in [0.25, 0.3) is 11.0 Å². The Kier molecular flexibility index (Phi) is 3.80. The summed E-state index contributed by atoms with van der Waals surface area (Å²) >= 11 is 7.19. The van der Waals surface area contributed by atoms with Crippen LogP contribution in [-0.2, 0) is 9.53 Å². The Bertz CT molecular complexity index is 545. The maximum Gasteiger partial charge on any atom is 0.306 e. The minimum absolute atomic E-state index is 0.155. The number of methoxy groups -OCH3 is 1. The minimum atomic E-state index is -0.249. The van der Waals surface area contributed by atoms with Crippen molar-refractivity contribution in [3.8, 4) is 0 Å². The number of aromatic amines is 1. The maximum atomic E-state index is 11.0. The normalized spacial score (nSPS) is 10.7. The molecule has 0 spiro atoms. The van der Waals surface area contributed by atoms with Crippen LogP contribution in [0.4, 0.5) is 0 Å². The second-order valence-electron chi connectivity index (χ2n) is 3.10. The van der Waals surface area contributed by atoms with Gasteiger partial charge in [0.25, 0.3) is 0 Å². The number of halogens is 1. The molecule has 1 N–H and O–H groups in total. The molecule has 0 radical (unpaired) electrons. The van der Waals surface area contributed by atoms with Gasteiger partial charge in [0.05, 0.1) is 25.1 Å². The van der Waals surface area contributed by atoms with Gasteiger partial charge >= 0.3 is 5.97 Å². The molecule has 0 aliphatic heterocycles. The van der Waals surface area contributed by atoms with Crippen molar-refractivity contribution in [1.82, 2.24) is 20.2 Å². The average molecular weight is 273 g/mol. The van der Waals surface area contributed by atoms with Gasteiger partial charge in [-0.05, 0) is 11.6 Å². The summed E-state index contributed by atoms with van der Waals surface area (Å²) in [5.74, 6) is 0.321. The summed E-state index contributed by atoms with van der Waals surface area (Å²) in [6.45, 7) is 0. The molecule has 0 saturated heterocycles. The van der Waals surface area contributed by atoms with Crippen molar-refractivity contribution >= 4 is 40.4 Å². The zero-order valence-corrected chi connectivity index (χ0v) is 10.5. The standard InChI is InChI=1S/C9H9ClN4O2S/c1-16-6(15)2-3-17-8-5-4-11-14-7(5)12-9(10)13-8/h4H,2-3H2,1H3,(H,11,12,13,14). The largest absolute Gasteiger partial charge is 0.469 e. The van der Waals surface area contributed by atoms with E-state index in [1.54, 1.807) is 6.20 Å². The van der Waals surface area contributed by atoms with Crippen LogP contribution in [0.15, 0.2) is 11.2 Å². The highest BCUT2D eigenvalue weighted by Gasteiger charge is 2.09. The Morgan fingerprint density at radius 2 is 2.41 bits per heavy atom. The molecule has 0 atom stereocenters. The monoisotopic (exact) mass is 272 g/mol. The fourth-order valence-corrected chi connectivity index (χ4v) is 2.36. The maximum absolute atomic E-state index is 11.0. The SMILES string of the molecule is COC(=O)CCSc1nc(Cl)nc2[nH]ncc12. The number of carbonyl (C=O) groups excluding carboxylic acids is 1. The third-order valence-electron chi connectivity index (χ3n) is 2.02. The lowest BCUT2D eigenvalue weighted by Crippen LogP contribution is -2.01. The fourth-order valence-electron chi connectivity index (χ4n) is 1.23. The quantitative estimate of drug-likeness (QED) is 0.395. The molecule has 2 heterocycles. The van der Waals surface area contributed by atoms with E-state index in [0.29, 0.717) is 22.8 Å². The van der Waals surface area contributed by atoms with Crippen LogP contribution in [0.1, 0.15) is 6.42 Å². The number of esters is 1. The highest BCUT2D eigenvalue weighted by atomic mass is 35.5. The number of carbonyl (C=O) groups is 1. The lowest BCUT2D eigenvalue weighted by molar-refractivity contribution is -0.140.